The first-order valence-corrected chi connectivity index (χ1v) is 5.58. The molecule has 3 nitrogen and oxygen atoms in total. The van der Waals surface area contributed by atoms with Crippen LogP contribution < -0.4 is 5.73 Å². The van der Waals surface area contributed by atoms with Crippen molar-refractivity contribution in [3.63, 3.8) is 0 Å². The van der Waals surface area contributed by atoms with Crippen molar-refractivity contribution >= 4 is 17.1 Å². The molecule has 15 heavy (non-hydrogen) atoms. The number of nitrogens with zero attached hydrogens (tertiary/aromatic N) is 1. The lowest BCUT2D eigenvalue weighted by molar-refractivity contribution is 0.0759. The summed E-state index contributed by atoms with van der Waals surface area (Å²) in [6, 6.07) is 0. The molecule has 0 aliphatic carbocycles. The van der Waals surface area contributed by atoms with Gasteiger partial charge in [-0.05, 0) is 33.7 Å². The van der Waals surface area contributed by atoms with Crippen molar-refractivity contribution in [2.24, 2.45) is 5.73 Å². The summed E-state index contributed by atoms with van der Waals surface area (Å²) in [5.74, 6) is -0.557. The summed E-state index contributed by atoms with van der Waals surface area (Å²) in [7, 11) is 0. The first-order valence-electron chi connectivity index (χ1n) is 4.76. The Kier molecular flexibility index (Phi) is 3.57. The van der Waals surface area contributed by atoms with Crippen LogP contribution >= 0.6 is 11.3 Å². The highest BCUT2D eigenvalue weighted by Crippen LogP contribution is 2.24. The molecule has 0 aromatic carbocycles. The molecule has 0 saturated heterocycles. The molecule has 0 aliphatic rings. The maximum atomic E-state index is 13.4. The smallest absolute Gasteiger partial charge is 0.227 e. The van der Waals surface area contributed by atoms with Crippen LogP contribution in [0.2, 0.25) is 0 Å². The zero-order valence-corrected chi connectivity index (χ0v) is 9.95. The van der Waals surface area contributed by atoms with E-state index in [-0.39, 0.29) is 5.01 Å². The van der Waals surface area contributed by atoms with Gasteiger partial charge in [0.25, 0.3) is 0 Å². The van der Waals surface area contributed by atoms with Gasteiger partial charge < -0.3 is 5.73 Å². The van der Waals surface area contributed by atoms with Gasteiger partial charge in [-0.15, -0.1) is 11.3 Å². The first kappa shape index (κ1) is 12.3. The fourth-order valence-corrected chi connectivity index (χ4v) is 2.31. The van der Waals surface area contributed by atoms with Crippen LogP contribution in [0.15, 0.2) is 0 Å². The van der Waals surface area contributed by atoms with E-state index in [1.807, 2.05) is 6.92 Å². The van der Waals surface area contributed by atoms with Gasteiger partial charge in [0.2, 0.25) is 5.78 Å². The second-order valence-electron chi connectivity index (χ2n) is 3.87. The fourth-order valence-electron chi connectivity index (χ4n) is 1.14. The molecule has 0 amide bonds. The Balaban J connectivity index is 2.97. The molecule has 1 aromatic heterocycles. The number of hydrogen-bond donors (Lipinski definition) is 1. The average molecular weight is 230 g/mol. The third kappa shape index (κ3) is 2.82. The minimum Gasteiger partial charge on any atom is -0.330 e. The molecule has 0 unspecified atom stereocenters. The van der Waals surface area contributed by atoms with Gasteiger partial charge in [-0.2, -0.15) is 0 Å². The molecule has 1 heterocycles. The van der Waals surface area contributed by atoms with E-state index in [1.54, 1.807) is 0 Å². The summed E-state index contributed by atoms with van der Waals surface area (Å²) in [5, 5.41) is 0.239. The van der Waals surface area contributed by atoms with Crippen molar-refractivity contribution in [3.8, 4) is 0 Å². The molecule has 1 rings (SSSR count). The average Bonchev–Trinajstić information content (AvgIpc) is 2.46. The molecule has 0 bridgehead atoms. The molecule has 0 aliphatic heterocycles. The van der Waals surface area contributed by atoms with Gasteiger partial charge in [0.05, 0.1) is 5.69 Å². The normalized spacial score (nSPS) is 11.8. The van der Waals surface area contributed by atoms with E-state index in [0.717, 1.165) is 10.6 Å². The van der Waals surface area contributed by atoms with Crippen molar-refractivity contribution in [2.45, 2.75) is 32.9 Å². The topological polar surface area (TPSA) is 56.0 Å². The summed E-state index contributed by atoms with van der Waals surface area (Å²) in [6.07, 6.45) is 0.684. The first-order chi connectivity index (χ1) is 6.86. The van der Waals surface area contributed by atoms with E-state index in [1.165, 1.54) is 25.2 Å². The molecule has 0 radical (unpaired) electrons. The fraction of sp³-hybridized carbons (Fsp3) is 0.600. The summed E-state index contributed by atoms with van der Waals surface area (Å²) < 4.78 is 13.4. The summed E-state index contributed by atoms with van der Waals surface area (Å²) in [6.45, 7) is 4.81. The van der Waals surface area contributed by atoms with Gasteiger partial charge in [0.15, 0.2) is 10.7 Å². The SMILES string of the molecule is Cc1nc(C(=O)C(C)(C)F)sc1CCN. The van der Waals surface area contributed by atoms with Gasteiger partial charge >= 0.3 is 0 Å². The number of carbonyl (C=O) groups is 1. The van der Waals surface area contributed by atoms with Crippen molar-refractivity contribution in [3.05, 3.63) is 15.6 Å². The number of rotatable bonds is 4. The lowest BCUT2D eigenvalue weighted by atomic mass is 10.1. The third-order valence-electron chi connectivity index (χ3n) is 2.00. The van der Waals surface area contributed by atoms with Crippen molar-refractivity contribution in [1.82, 2.24) is 4.98 Å². The maximum absolute atomic E-state index is 13.4. The van der Waals surface area contributed by atoms with E-state index in [4.69, 9.17) is 5.73 Å². The standard InChI is InChI=1S/C10H15FN2OS/c1-6-7(4-5-12)15-9(13-6)8(14)10(2,3)11/h4-5,12H2,1-3H3. The number of ketones is 1. The molecule has 0 saturated carbocycles. The van der Waals surface area contributed by atoms with E-state index < -0.39 is 11.5 Å². The predicted octanol–water partition coefficient (Wildman–Crippen LogP) is 1.88. The number of Topliss-reactive ketones (excluding diaryl/α,β-unsaturated/α-hetero) is 1. The Bertz CT molecular complexity index is 368. The van der Waals surface area contributed by atoms with Gasteiger partial charge in [0, 0.05) is 4.88 Å². The molecule has 0 fully saturated rings. The molecule has 84 valence electrons. The number of hydrogen-bond acceptors (Lipinski definition) is 4. The second-order valence-corrected chi connectivity index (χ2v) is 4.95. The van der Waals surface area contributed by atoms with E-state index >= 15 is 0 Å². The van der Waals surface area contributed by atoms with Gasteiger partial charge in [0.1, 0.15) is 0 Å². The van der Waals surface area contributed by atoms with E-state index in [0.29, 0.717) is 13.0 Å². The molecule has 0 atom stereocenters. The number of carbonyl (C=O) groups excluding carboxylic acids is 1. The van der Waals surface area contributed by atoms with Crippen molar-refractivity contribution in [1.29, 1.82) is 0 Å². The van der Waals surface area contributed by atoms with Crippen LogP contribution in [-0.2, 0) is 6.42 Å². The number of alkyl halides is 1. The highest BCUT2D eigenvalue weighted by atomic mass is 32.1. The zero-order valence-electron chi connectivity index (χ0n) is 9.13. The molecule has 2 N–H and O–H groups in total. The lowest BCUT2D eigenvalue weighted by Gasteiger charge is -2.09. The highest BCUT2D eigenvalue weighted by Gasteiger charge is 2.30. The van der Waals surface area contributed by atoms with Crippen LogP contribution in [0.5, 0.6) is 0 Å². The zero-order chi connectivity index (χ0) is 11.6. The van der Waals surface area contributed by atoms with Gasteiger partial charge in [-0.25, -0.2) is 9.37 Å². The van der Waals surface area contributed by atoms with Crippen molar-refractivity contribution < 1.29 is 9.18 Å². The van der Waals surface area contributed by atoms with E-state index in [9.17, 15) is 9.18 Å². The minimum absolute atomic E-state index is 0.239. The van der Waals surface area contributed by atoms with Crippen LogP contribution in [0, 0.1) is 6.92 Å². The molecular formula is C10H15FN2OS. The summed E-state index contributed by atoms with van der Waals surface area (Å²) in [5.41, 5.74) is 4.34. The van der Waals surface area contributed by atoms with Crippen LogP contribution in [0.25, 0.3) is 0 Å². The van der Waals surface area contributed by atoms with Crippen molar-refractivity contribution in [2.75, 3.05) is 6.54 Å². The second kappa shape index (κ2) is 4.37. The number of nitrogens with two attached hydrogens (primary N) is 1. The van der Waals surface area contributed by atoms with Gasteiger partial charge in [-0.1, -0.05) is 0 Å². The monoisotopic (exact) mass is 230 g/mol. The third-order valence-corrected chi connectivity index (χ3v) is 3.21. The summed E-state index contributed by atoms with van der Waals surface area (Å²) >= 11 is 1.24. The summed E-state index contributed by atoms with van der Waals surface area (Å²) in [4.78, 5) is 16.6. The Hall–Kier alpha value is -0.810. The molecular weight excluding hydrogens is 215 g/mol. The number of aryl methyl sites for hydroxylation is 1. The Morgan fingerprint density at radius 1 is 1.60 bits per heavy atom. The Morgan fingerprint density at radius 3 is 2.67 bits per heavy atom. The molecule has 1 aromatic rings. The Morgan fingerprint density at radius 2 is 2.20 bits per heavy atom. The largest absolute Gasteiger partial charge is 0.330 e. The predicted molar refractivity (Wildman–Crippen MR) is 59.1 cm³/mol. The van der Waals surface area contributed by atoms with Crippen LogP contribution in [0.1, 0.15) is 34.2 Å². The highest BCUT2D eigenvalue weighted by molar-refractivity contribution is 7.13. The van der Waals surface area contributed by atoms with Crippen LogP contribution in [0.3, 0.4) is 0 Å². The molecule has 5 heteroatoms. The minimum atomic E-state index is -1.86. The number of aromatic nitrogens is 1. The number of halogens is 1. The van der Waals surface area contributed by atoms with Gasteiger partial charge in [-0.3, -0.25) is 4.79 Å². The van der Waals surface area contributed by atoms with Crippen LogP contribution in [-0.4, -0.2) is 23.0 Å². The molecule has 0 spiro atoms. The van der Waals surface area contributed by atoms with Crippen LogP contribution in [0.4, 0.5) is 4.39 Å². The van der Waals surface area contributed by atoms with E-state index in [2.05, 4.69) is 4.98 Å². The maximum Gasteiger partial charge on any atom is 0.227 e. The lowest BCUT2D eigenvalue weighted by Crippen LogP contribution is -2.25. The quantitative estimate of drug-likeness (QED) is 0.803. The number of thiazole rings is 1. The Labute approximate surface area is 92.5 Å².